The second-order valence-corrected chi connectivity index (χ2v) is 12.0. The van der Waals surface area contributed by atoms with E-state index in [1.54, 1.807) is 47.6 Å². The highest BCUT2D eigenvalue weighted by atomic mass is 32.2. The zero-order chi connectivity index (χ0) is 30.8. The number of carbonyl (C=O) groups is 1. The minimum Gasteiger partial charge on any atom is -0.368 e. The van der Waals surface area contributed by atoms with Crippen LogP contribution in [-0.2, 0) is 14.8 Å². The van der Waals surface area contributed by atoms with Crippen molar-refractivity contribution in [1.82, 2.24) is 18.4 Å². The molecule has 5 aromatic rings. The van der Waals surface area contributed by atoms with Gasteiger partial charge in [-0.2, -0.15) is 14.5 Å². The SMILES string of the molecule is N#Cc1ccc(S(=O)(=O)n2c(=O)n(C(C(=O)N3CCN(c4ccncc4)CC3)c3ccccc3)c3cc(C#N)ccc32)cc1. The van der Waals surface area contributed by atoms with Crippen LogP contribution in [0, 0.1) is 22.7 Å². The third-order valence-corrected chi connectivity index (χ3v) is 9.41. The zero-order valence-corrected chi connectivity index (χ0v) is 24.1. The summed E-state index contributed by atoms with van der Waals surface area (Å²) in [7, 11) is -4.47. The summed E-state index contributed by atoms with van der Waals surface area (Å²) in [4.78, 5) is 36.4. The standard InChI is InChI=1S/C32H25N7O4S/c33-21-23-6-9-27(10-7-23)44(42,43)39-28-11-8-24(22-34)20-29(28)38(32(39)41)30(25-4-2-1-3-5-25)31(40)37-18-16-36(17-19-37)26-12-14-35-15-13-26/h1-15,20,30H,16-19H2. The molecule has 0 bridgehead atoms. The zero-order valence-electron chi connectivity index (χ0n) is 23.3. The van der Waals surface area contributed by atoms with Gasteiger partial charge in [0.2, 0.25) is 0 Å². The monoisotopic (exact) mass is 603 g/mol. The summed E-state index contributed by atoms with van der Waals surface area (Å²) < 4.78 is 29.7. The first-order valence-electron chi connectivity index (χ1n) is 13.7. The maximum Gasteiger partial charge on any atom is 0.344 e. The van der Waals surface area contributed by atoms with Crippen LogP contribution in [0.2, 0.25) is 0 Å². The Bertz CT molecular complexity index is 2100. The van der Waals surface area contributed by atoms with Crippen LogP contribution in [0.15, 0.2) is 107 Å². The van der Waals surface area contributed by atoms with Crippen molar-refractivity contribution in [2.75, 3.05) is 31.1 Å². The van der Waals surface area contributed by atoms with Crippen molar-refractivity contribution >= 4 is 32.7 Å². The number of amides is 1. The Morgan fingerprint density at radius 3 is 2.07 bits per heavy atom. The third-order valence-electron chi connectivity index (χ3n) is 7.71. The molecule has 0 aliphatic carbocycles. The van der Waals surface area contributed by atoms with Gasteiger partial charge >= 0.3 is 5.69 Å². The molecule has 0 spiro atoms. The van der Waals surface area contributed by atoms with Gasteiger partial charge in [-0.3, -0.25) is 14.3 Å². The molecule has 1 aliphatic heterocycles. The lowest BCUT2D eigenvalue weighted by Crippen LogP contribution is -2.51. The minimum absolute atomic E-state index is 0.0228. The summed E-state index contributed by atoms with van der Waals surface area (Å²) in [6, 6.07) is 24.8. The summed E-state index contributed by atoms with van der Waals surface area (Å²) in [5.74, 6) is -0.370. The average molecular weight is 604 g/mol. The molecule has 0 N–H and O–H groups in total. The van der Waals surface area contributed by atoms with Crippen LogP contribution in [0.5, 0.6) is 0 Å². The van der Waals surface area contributed by atoms with Crippen LogP contribution in [0.4, 0.5) is 5.69 Å². The second kappa shape index (κ2) is 11.5. The maximum atomic E-state index is 14.4. The summed E-state index contributed by atoms with van der Waals surface area (Å²) in [5, 5.41) is 18.8. The highest BCUT2D eigenvalue weighted by Crippen LogP contribution is 2.29. The number of hydrogen-bond donors (Lipinski definition) is 0. The number of nitrogens with zero attached hydrogens (tertiary/aromatic N) is 7. The number of carbonyl (C=O) groups excluding carboxylic acids is 1. The van der Waals surface area contributed by atoms with E-state index in [1.807, 2.05) is 24.3 Å². The number of benzene rings is 3. The number of nitriles is 2. The van der Waals surface area contributed by atoms with Gasteiger partial charge in [-0.05, 0) is 60.2 Å². The molecule has 1 fully saturated rings. The number of hydrogen-bond acceptors (Lipinski definition) is 8. The summed E-state index contributed by atoms with van der Waals surface area (Å²) in [6.07, 6.45) is 3.42. The molecule has 12 heteroatoms. The predicted octanol–water partition coefficient (Wildman–Crippen LogP) is 3.12. The van der Waals surface area contributed by atoms with Gasteiger partial charge in [-0.15, -0.1) is 0 Å². The quantitative estimate of drug-likeness (QED) is 0.288. The molecule has 218 valence electrons. The molecule has 0 radical (unpaired) electrons. The van der Waals surface area contributed by atoms with E-state index in [9.17, 15) is 23.3 Å². The van der Waals surface area contributed by atoms with Crippen molar-refractivity contribution in [3.8, 4) is 12.1 Å². The third kappa shape index (κ3) is 4.97. The van der Waals surface area contributed by atoms with Gasteiger partial charge in [0.25, 0.3) is 15.9 Å². The van der Waals surface area contributed by atoms with E-state index >= 15 is 0 Å². The molecular weight excluding hydrogens is 578 g/mol. The molecule has 6 rings (SSSR count). The van der Waals surface area contributed by atoms with Crippen molar-refractivity contribution in [2.45, 2.75) is 10.9 Å². The van der Waals surface area contributed by atoms with E-state index < -0.39 is 21.8 Å². The van der Waals surface area contributed by atoms with E-state index in [1.165, 1.54) is 47.0 Å². The van der Waals surface area contributed by atoms with Crippen molar-refractivity contribution in [2.24, 2.45) is 0 Å². The van der Waals surface area contributed by atoms with Crippen molar-refractivity contribution in [3.63, 3.8) is 0 Å². The predicted molar refractivity (Wildman–Crippen MR) is 162 cm³/mol. The van der Waals surface area contributed by atoms with E-state index in [-0.39, 0.29) is 33.0 Å². The van der Waals surface area contributed by atoms with Crippen LogP contribution in [0.1, 0.15) is 22.7 Å². The lowest BCUT2D eigenvalue weighted by molar-refractivity contribution is -0.133. The lowest BCUT2D eigenvalue weighted by atomic mass is 10.0. The molecule has 1 atom stereocenters. The van der Waals surface area contributed by atoms with Crippen molar-refractivity contribution in [1.29, 1.82) is 10.5 Å². The van der Waals surface area contributed by atoms with Crippen LogP contribution in [0.3, 0.4) is 0 Å². The molecule has 3 aromatic carbocycles. The van der Waals surface area contributed by atoms with Crippen LogP contribution in [0.25, 0.3) is 11.0 Å². The fraction of sp³-hybridized carbons (Fsp3) is 0.156. The average Bonchev–Trinajstić information content (AvgIpc) is 3.37. The number of fused-ring (bicyclic) bond motifs is 1. The first-order chi connectivity index (χ1) is 21.3. The van der Waals surface area contributed by atoms with Crippen LogP contribution < -0.4 is 10.6 Å². The largest absolute Gasteiger partial charge is 0.368 e. The Balaban J connectivity index is 1.49. The highest BCUT2D eigenvalue weighted by Gasteiger charge is 2.35. The van der Waals surface area contributed by atoms with Gasteiger partial charge in [0.05, 0.1) is 39.2 Å². The minimum atomic E-state index is -4.47. The van der Waals surface area contributed by atoms with Gasteiger partial charge in [0, 0.05) is 44.3 Å². The molecule has 3 heterocycles. The Morgan fingerprint density at radius 1 is 0.795 bits per heavy atom. The smallest absolute Gasteiger partial charge is 0.344 e. The Kier molecular flexibility index (Phi) is 7.43. The summed E-state index contributed by atoms with van der Waals surface area (Å²) in [5.41, 5.74) is 1.15. The Labute approximate surface area is 253 Å². The first kappa shape index (κ1) is 28.4. The molecular formula is C32H25N7O4S. The van der Waals surface area contributed by atoms with Gasteiger partial charge in [-0.25, -0.2) is 13.2 Å². The lowest BCUT2D eigenvalue weighted by Gasteiger charge is -2.37. The van der Waals surface area contributed by atoms with Crippen LogP contribution in [-0.4, -0.2) is 58.9 Å². The Morgan fingerprint density at radius 2 is 1.43 bits per heavy atom. The maximum absolute atomic E-state index is 14.4. The molecule has 1 amide bonds. The molecule has 0 saturated carbocycles. The molecule has 44 heavy (non-hydrogen) atoms. The topological polar surface area (TPSA) is 145 Å². The number of piperazine rings is 1. The van der Waals surface area contributed by atoms with E-state index in [0.29, 0.717) is 35.7 Å². The van der Waals surface area contributed by atoms with E-state index in [2.05, 4.69) is 9.88 Å². The van der Waals surface area contributed by atoms with Gasteiger partial charge in [-0.1, -0.05) is 30.3 Å². The summed E-state index contributed by atoms with van der Waals surface area (Å²) in [6.45, 7) is 1.87. The van der Waals surface area contributed by atoms with Gasteiger partial charge in [0.15, 0.2) is 0 Å². The van der Waals surface area contributed by atoms with E-state index in [0.717, 1.165) is 5.69 Å². The number of pyridine rings is 1. The molecule has 1 aliphatic rings. The fourth-order valence-corrected chi connectivity index (χ4v) is 6.90. The molecule has 11 nitrogen and oxygen atoms in total. The van der Waals surface area contributed by atoms with Crippen molar-refractivity contribution < 1.29 is 13.2 Å². The molecule has 1 unspecified atom stereocenters. The first-order valence-corrected chi connectivity index (χ1v) is 15.2. The fourth-order valence-electron chi connectivity index (χ4n) is 5.50. The van der Waals surface area contributed by atoms with Crippen LogP contribution >= 0.6 is 0 Å². The number of imidazole rings is 1. The van der Waals surface area contributed by atoms with Crippen molar-refractivity contribution in [3.05, 3.63) is 124 Å². The normalized spacial score (nSPS) is 14.1. The highest BCUT2D eigenvalue weighted by molar-refractivity contribution is 7.90. The number of rotatable bonds is 6. The Hall–Kier alpha value is -5.72. The molecule has 2 aromatic heterocycles. The molecule has 1 saturated heterocycles. The summed E-state index contributed by atoms with van der Waals surface area (Å²) >= 11 is 0. The number of anilines is 1. The van der Waals surface area contributed by atoms with E-state index in [4.69, 9.17) is 5.26 Å². The van der Waals surface area contributed by atoms with Gasteiger partial charge < -0.3 is 9.80 Å². The van der Waals surface area contributed by atoms with Gasteiger partial charge in [0.1, 0.15) is 6.04 Å². The second-order valence-electron chi connectivity index (χ2n) is 10.2. The number of aromatic nitrogens is 3.